The summed E-state index contributed by atoms with van der Waals surface area (Å²) < 4.78 is 26.4. The third kappa shape index (κ3) is 2.82. The lowest BCUT2D eigenvalue weighted by molar-refractivity contribution is -0.136. The van der Waals surface area contributed by atoms with E-state index in [1.807, 2.05) is 0 Å². The molecule has 0 heterocycles. The Kier molecular flexibility index (Phi) is 3.52. The number of thioether (sulfide) groups is 1. The zero-order valence-corrected chi connectivity index (χ0v) is 8.65. The molecule has 0 saturated heterocycles. The number of hydrogen-bond acceptors (Lipinski definition) is 3. The van der Waals surface area contributed by atoms with E-state index in [2.05, 4.69) is 0 Å². The Morgan fingerprint density at radius 2 is 1.93 bits per heavy atom. The Balaban J connectivity index is 3.00. The number of rotatable bonds is 3. The number of nitrogens with two attached hydrogens (primary N) is 1. The normalized spacial score (nSPS) is 12.5. The number of anilines is 1. The molecule has 82 valence electrons. The number of hydrogen-bond donors (Lipinski definition) is 2. The molecule has 0 amide bonds. The standard InChI is InChI=1S/C9H9F2NO2S/c1-4(9(13)14)15-8-6(10)2-5(12)3-7(8)11/h2-4H,12H2,1H3,(H,13,14). The molecule has 1 unspecified atom stereocenters. The Hall–Kier alpha value is -1.30. The molecule has 0 radical (unpaired) electrons. The van der Waals surface area contributed by atoms with Crippen LogP contribution < -0.4 is 5.73 Å². The predicted molar refractivity (Wildman–Crippen MR) is 53.7 cm³/mol. The van der Waals surface area contributed by atoms with Crippen LogP contribution in [0.1, 0.15) is 6.92 Å². The van der Waals surface area contributed by atoms with Gasteiger partial charge in [-0.3, -0.25) is 4.79 Å². The number of carbonyl (C=O) groups is 1. The molecule has 1 aromatic rings. The van der Waals surface area contributed by atoms with Gasteiger partial charge in [-0.2, -0.15) is 0 Å². The second kappa shape index (κ2) is 4.48. The zero-order chi connectivity index (χ0) is 11.6. The van der Waals surface area contributed by atoms with Crippen molar-refractivity contribution in [1.82, 2.24) is 0 Å². The van der Waals surface area contributed by atoms with Gasteiger partial charge in [0.15, 0.2) is 0 Å². The van der Waals surface area contributed by atoms with Crippen LogP contribution in [-0.4, -0.2) is 16.3 Å². The van der Waals surface area contributed by atoms with Crippen molar-refractivity contribution in [2.45, 2.75) is 17.1 Å². The summed E-state index contributed by atoms with van der Waals surface area (Å²) in [4.78, 5) is 10.2. The first-order valence-corrected chi connectivity index (χ1v) is 4.93. The summed E-state index contributed by atoms with van der Waals surface area (Å²) in [5, 5.41) is 7.67. The van der Waals surface area contributed by atoms with Crippen molar-refractivity contribution in [3.63, 3.8) is 0 Å². The van der Waals surface area contributed by atoms with E-state index in [1.54, 1.807) is 0 Å². The van der Waals surface area contributed by atoms with Gasteiger partial charge in [-0.05, 0) is 19.1 Å². The van der Waals surface area contributed by atoms with Crippen molar-refractivity contribution in [3.8, 4) is 0 Å². The predicted octanol–water partition coefficient (Wildman–Crippen LogP) is 2.11. The smallest absolute Gasteiger partial charge is 0.316 e. The number of halogens is 2. The van der Waals surface area contributed by atoms with Crippen LogP contribution >= 0.6 is 11.8 Å². The summed E-state index contributed by atoms with van der Waals surface area (Å²) in [5.41, 5.74) is 5.18. The van der Waals surface area contributed by atoms with Gasteiger partial charge in [0.2, 0.25) is 0 Å². The molecule has 15 heavy (non-hydrogen) atoms. The van der Waals surface area contributed by atoms with Crippen LogP contribution in [0.3, 0.4) is 0 Å². The van der Waals surface area contributed by atoms with Gasteiger partial charge in [-0.25, -0.2) is 8.78 Å². The molecule has 1 atom stereocenters. The molecular formula is C9H9F2NO2S. The van der Waals surface area contributed by atoms with E-state index in [0.717, 1.165) is 12.1 Å². The van der Waals surface area contributed by atoms with Gasteiger partial charge in [-0.15, -0.1) is 11.8 Å². The largest absolute Gasteiger partial charge is 0.480 e. The van der Waals surface area contributed by atoms with E-state index >= 15 is 0 Å². The van der Waals surface area contributed by atoms with Crippen LogP contribution in [-0.2, 0) is 4.79 Å². The quantitative estimate of drug-likeness (QED) is 0.620. The van der Waals surface area contributed by atoms with E-state index in [1.165, 1.54) is 6.92 Å². The minimum Gasteiger partial charge on any atom is -0.480 e. The Morgan fingerprint density at radius 1 is 1.47 bits per heavy atom. The molecule has 3 nitrogen and oxygen atoms in total. The zero-order valence-electron chi connectivity index (χ0n) is 7.83. The maximum absolute atomic E-state index is 13.2. The molecule has 6 heteroatoms. The highest BCUT2D eigenvalue weighted by Gasteiger charge is 2.18. The van der Waals surface area contributed by atoms with E-state index in [-0.39, 0.29) is 10.6 Å². The van der Waals surface area contributed by atoms with E-state index < -0.39 is 22.9 Å². The van der Waals surface area contributed by atoms with Gasteiger partial charge in [-0.1, -0.05) is 0 Å². The first-order chi connectivity index (χ1) is 6.91. The summed E-state index contributed by atoms with van der Waals surface area (Å²) >= 11 is 0.609. The highest BCUT2D eigenvalue weighted by molar-refractivity contribution is 8.00. The van der Waals surface area contributed by atoms with Gasteiger partial charge in [0.25, 0.3) is 0 Å². The van der Waals surface area contributed by atoms with Crippen molar-refractivity contribution in [2.75, 3.05) is 5.73 Å². The van der Waals surface area contributed by atoms with Gasteiger partial charge in [0.05, 0.1) is 4.90 Å². The molecule has 0 aliphatic heterocycles. The second-order valence-electron chi connectivity index (χ2n) is 2.91. The summed E-state index contributed by atoms with van der Waals surface area (Å²) in [6.07, 6.45) is 0. The number of benzene rings is 1. The number of carboxylic acid groups (broad SMARTS) is 1. The molecule has 1 aromatic carbocycles. The molecular weight excluding hydrogens is 224 g/mol. The van der Waals surface area contributed by atoms with Crippen LogP contribution in [0.4, 0.5) is 14.5 Å². The van der Waals surface area contributed by atoms with E-state index in [0.29, 0.717) is 11.8 Å². The fraction of sp³-hybridized carbons (Fsp3) is 0.222. The van der Waals surface area contributed by atoms with Crippen LogP contribution in [0.5, 0.6) is 0 Å². The molecule has 3 N–H and O–H groups in total. The summed E-state index contributed by atoms with van der Waals surface area (Å²) in [6, 6.07) is 1.92. The number of aliphatic carboxylic acids is 1. The van der Waals surface area contributed by atoms with Crippen LogP contribution in [0, 0.1) is 11.6 Å². The summed E-state index contributed by atoms with van der Waals surface area (Å²) in [7, 11) is 0. The molecule has 0 aliphatic rings. The number of carboxylic acids is 1. The summed E-state index contributed by atoms with van der Waals surface area (Å²) in [6.45, 7) is 1.35. The topological polar surface area (TPSA) is 63.3 Å². The molecule has 0 aromatic heterocycles. The monoisotopic (exact) mass is 233 g/mol. The highest BCUT2D eigenvalue weighted by atomic mass is 32.2. The molecule has 0 spiro atoms. The molecule has 0 aliphatic carbocycles. The van der Waals surface area contributed by atoms with Crippen molar-refractivity contribution >= 4 is 23.4 Å². The molecule has 0 bridgehead atoms. The first kappa shape index (κ1) is 11.8. The average molecular weight is 233 g/mol. The SMILES string of the molecule is CC(Sc1c(F)cc(N)cc1F)C(=O)O. The minimum absolute atomic E-state index is 0.0303. The van der Waals surface area contributed by atoms with Crippen LogP contribution in [0.25, 0.3) is 0 Å². The van der Waals surface area contributed by atoms with Gasteiger partial charge < -0.3 is 10.8 Å². The van der Waals surface area contributed by atoms with E-state index in [9.17, 15) is 13.6 Å². The second-order valence-corrected chi connectivity index (χ2v) is 4.26. The van der Waals surface area contributed by atoms with Crippen molar-refractivity contribution in [1.29, 1.82) is 0 Å². The lowest BCUT2D eigenvalue weighted by Crippen LogP contribution is -2.12. The third-order valence-electron chi connectivity index (χ3n) is 1.66. The van der Waals surface area contributed by atoms with Crippen molar-refractivity contribution in [2.24, 2.45) is 0 Å². The average Bonchev–Trinajstić information content (AvgIpc) is 2.10. The first-order valence-electron chi connectivity index (χ1n) is 4.05. The Labute approximate surface area is 89.3 Å². The van der Waals surface area contributed by atoms with Gasteiger partial charge in [0.1, 0.15) is 16.9 Å². The molecule has 0 saturated carbocycles. The van der Waals surface area contributed by atoms with Crippen molar-refractivity contribution < 1.29 is 18.7 Å². The van der Waals surface area contributed by atoms with Crippen molar-refractivity contribution in [3.05, 3.63) is 23.8 Å². The molecule has 0 fully saturated rings. The van der Waals surface area contributed by atoms with Crippen LogP contribution in [0.2, 0.25) is 0 Å². The lowest BCUT2D eigenvalue weighted by Gasteiger charge is -2.08. The fourth-order valence-corrected chi connectivity index (χ4v) is 1.72. The fourth-order valence-electron chi connectivity index (χ4n) is 0.919. The lowest BCUT2D eigenvalue weighted by atomic mass is 10.3. The number of nitrogen functional groups attached to an aromatic ring is 1. The van der Waals surface area contributed by atoms with Crippen LogP contribution in [0.15, 0.2) is 17.0 Å². The Morgan fingerprint density at radius 3 is 2.33 bits per heavy atom. The third-order valence-corrected chi connectivity index (χ3v) is 2.84. The van der Waals surface area contributed by atoms with Gasteiger partial charge >= 0.3 is 5.97 Å². The highest BCUT2D eigenvalue weighted by Crippen LogP contribution is 2.30. The molecule has 1 rings (SSSR count). The maximum Gasteiger partial charge on any atom is 0.316 e. The summed E-state index contributed by atoms with van der Waals surface area (Å²) in [5.74, 6) is -2.81. The van der Waals surface area contributed by atoms with E-state index in [4.69, 9.17) is 10.8 Å². The Bertz CT molecular complexity index is 375. The minimum atomic E-state index is -1.13. The van der Waals surface area contributed by atoms with Gasteiger partial charge in [0, 0.05) is 5.69 Å². The maximum atomic E-state index is 13.2.